The van der Waals surface area contributed by atoms with Crippen LogP contribution in [0.5, 0.6) is 0 Å². The van der Waals surface area contributed by atoms with Crippen molar-refractivity contribution in [1.29, 1.82) is 0 Å². The molecule has 0 aliphatic rings. The maximum absolute atomic E-state index is 13.1. The summed E-state index contributed by atoms with van der Waals surface area (Å²) in [6.45, 7) is -0.810. The Hall–Kier alpha value is -4.43. The first-order valence-electron chi connectivity index (χ1n) is 12.1. The first-order valence-corrected chi connectivity index (χ1v) is 14.3. The van der Waals surface area contributed by atoms with E-state index in [0.717, 1.165) is 4.31 Å². The van der Waals surface area contributed by atoms with Crippen LogP contribution in [0.25, 0.3) is 0 Å². The Kier molecular flexibility index (Phi) is 10.1. The van der Waals surface area contributed by atoms with Gasteiger partial charge in [-0.3, -0.25) is 14.4 Å². The number of nitrogens with zero attached hydrogens (tertiary/aromatic N) is 2. The standard InChI is InChI=1S/C27H23Cl2N5O7S/c28-18-11-19(29)13-20(12-18)32-27(37)26(36)30-14-21-8-9-22(41-21)15-31-33-25(35)17-34(16-23-5-4-10-40-23)42(38,39)24-6-2-1-3-7-24/h1-13,15H,14,16-17H2,(H,30,36)(H,32,37)(H,33,35)/b31-15-. The minimum absolute atomic E-state index is 0.0226. The number of sulfonamides is 1. The molecule has 0 aliphatic heterocycles. The zero-order chi connectivity index (χ0) is 30.1. The summed E-state index contributed by atoms with van der Waals surface area (Å²) in [5.41, 5.74) is 2.52. The van der Waals surface area contributed by atoms with Crippen LogP contribution in [-0.2, 0) is 37.5 Å². The highest BCUT2D eigenvalue weighted by Crippen LogP contribution is 2.22. The van der Waals surface area contributed by atoms with E-state index < -0.39 is 34.3 Å². The maximum atomic E-state index is 13.1. The lowest BCUT2D eigenvalue weighted by atomic mass is 10.3. The van der Waals surface area contributed by atoms with Crippen LogP contribution in [0.15, 0.2) is 97.9 Å². The minimum Gasteiger partial charge on any atom is -0.468 e. The average molecular weight is 632 g/mol. The Labute approximate surface area is 250 Å². The molecule has 0 spiro atoms. The second kappa shape index (κ2) is 14.0. The molecule has 2 heterocycles. The highest BCUT2D eigenvalue weighted by Gasteiger charge is 2.27. The molecule has 0 saturated carbocycles. The lowest BCUT2D eigenvalue weighted by Gasteiger charge is -2.20. The number of rotatable bonds is 11. The zero-order valence-corrected chi connectivity index (χ0v) is 23.9. The second-order valence-electron chi connectivity index (χ2n) is 8.56. The highest BCUT2D eigenvalue weighted by atomic mass is 35.5. The van der Waals surface area contributed by atoms with Crippen LogP contribution in [0, 0.1) is 0 Å². The number of hydrogen-bond acceptors (Lipinski definition) is 8. The van der Waals surface area contributed by atoms with Gasteiger partial charge in [-0.05, 0) is 54.6 Å². The topological polar surface area (TPSA) is 163 Å². The lowest BCUT2D eigenvalue weighted by Crippen LogP contribution is -2.38. The van der Waals surface area contributed by atoms with Gasteiger partial charge in [0.15, 0.2) is 0 Å². The van der Waals surface area contributed by atoms with Gasteiger partial charge in [0.1, 0.15) is 17.3 Å². The van der Waals surface area contributed by atoms with Crippen LogP contribution in [-0.4, -0.2) is 43.2 Å². The predicted octanol–water partition coefficient (Wildman–Crippen LogP) is 3.78. The van der Waals surface area contributed by atoms with Gasteiger partial charge in [-0.15, -0.1) is 0 Å². The van der Waals surface area contributed by atoms with E-state index in [1.54, 1.807) is 30.3 Å². The van der Waals surface area contributed by atoms with E-state index in [4.69, 9.17) is 32.0 Å². The second-order valence-corrected chi connectivity index (χ2v) is 11.4. The zero-order valence-electron chi connectivity index (χ0n) is 21.6. The van der Waals surface area contributed by atoms with Crippen LogP contribution in [0.2, 0.25) is 10.0 Å². The number of carbonyl (C=O) groups excluding carboxylic acids is 3. The Morgan fingerprint density at radius 3 is 2.33 bits per heavy atom. The summed E-state index contributed by atoms with van der Waals surface area (Å²) >= 11 is 11.8. The Morgan fingerprint density at radius 2 is 1.64 bits per heavy atom. The van der Waals surface area contributed by atoms with Gasteiger partial charge in [0.05, 0.1) is 37.0 Å². The number of benzene rings is 2. The fourth-order valence-corrected chi connectivity index (χ4v) is 5.44. The first-order chi connectivity index (χ1) is 20.1. The van der Waals surface area contributed by atoms with Crippen molar-refractivity contribution in [2.45, 2.75) is 18.0 Å². The van der Waals surface area contributed by atoms with E-state index in [1.165, 1.54) is 54.9 Å². The fourth-order valence-electron chi connectivity index (χ4n) is 3.53. The molecule has 4 rings (SSSR count). The summed E-state index contributed by atoms with van der Waals surface area (Å²) in [5, 5.41) is 9.19. The number of hydrogen-bond donors (Lipinski definition) is 3. The molecule has 0 saturated heterocycles. The monoisotopic (exact) mass is 631 g/mol. The van der Waals surface area contributed by atoms with Crippen molar-refractivity contribution in [3.63, 3.8) is 0 Å². The van der Waals surface area contributed by atoms with Gasteiger partial charge < -0.3 is 19.5 Å². The van der Waals surface area contributed by atoms with Crippen molar-refractivity contribution >= 4 is 62.8 Å². The van der Waals surface area contributed by atoms with Gasteiger partial charge in [-0.25, -0.2) is 13.8 Å². The molecule has 3 N–H and O–H groups in total. The molecule has 0 aliphatic carbocycles. The summed E-state index contributed by atoms with van der Waals surface area (Å²) in [4.78, 5) is 36.9. The summed E-state index contributed by atoms with van der Waals surface area (Å²) < 4.78 is 38.0. The summed E-state index contributed by atoms with van der Waals surface area (Å²) in [5.74, 6) is -1.68. The van der Waals surface area contributed by atoms with Crippen molar-refractivity contribution in [3.8, 4) is 0 Å². The Bertz CT molecular complexity index is 1670. The summed E-state index contributed by atoms with van der Waals surface area (Å²) in [6, 6.07) is 18.3. The van der Waals surface area contributed by atoms with Crippen molar-refractivity contribution in [2.75, 3.05) is 11.9 Å². The molecule has 42 heavy (non-hydrogen) atoms. The number of nitrogens with one attached hydrogen (secondary N) is 3. The van der Waals surface area contributed by atoms with Crippen LogP contribution in [0.1, 0.15) is 17.3 Å². The maximum Gasteiger partial charge on any atom is 0.313 e. The molecule has 0 unspecified atom stereocenters. The molecule has 3 amide bonds. The predicted molar refractivity (Wildman–Crippen MR) is 154 cm³/mol. The normalized spacial score (nSPS) is 11.5. The van der Waals surface area contributed by atoms with Gasteiger partial charge in [-0.1, -0.05) is 41.4 Å². The van der Waals surface area contributed by atoms with E-state index in [0.29, 0.717) is 21.6 Å². The van der Waals surface area contributed by atoms with Crippen molar-refractivity contribution in [2.24, 2.45) is 5.10 Å². The third kappa shape index (κ3) is 8.54. The molecule has 0 bridgehead atoms. The molecular weight excluding hydrogens is 609 g/mol. The number of halogens is 2. The molecule has 12 nitrogen and oxygen atoms in total. The van der Waals surface area contributed by atoms with Gasteiger partial charge in [0.2, 0.25) is 10.0 Å². The molecule has 2 aromatic carbocycles. The van der Waals surface area contributed by atoms with Crippen LogP contribution in [0.4, 0.5) is 5.69 Å². The van der Waals surface area contributed by atoms with Gasteiger partial charge in [-0.2, -0.15) is 9.41 Å². The van der Waals surface area contributed by atoms with Crippen LogP contribution >= 0.6 is 23.2 Å². The third-order valence-electron chi connectivity index (χ3n) is 5.43. The SMILES string of the molecule is O=C(CN(Cc1ccco1)S(=O)(=O)c1ccccc1)N/N=C\c1ccc(CNC(=O)C(=O)Nc2cc(Cl)cc(Cl)c2)o1. The molecule has 0 radical (unpaired) electrons. The molecule has 2 aromatic heterocycles. The number of hydrazone groups is 1. The number of carbonyl (C=O) groups is 3. The third-order valence-corrected chi connectivity index (χ3v) is 7.67. The van der Waals surface area contributed by atoms with E-state index in [-0.39, 0.29) is 29.4 Å². The molecule has 218 valence electrons. The van der Waals surface area contributed by atoms with E-state index >= 15 is 0 Å². The average Bonchev–Trinajstić information content (AvgIpc) is 3.63. The van der Waals surface area contributed by atoms with Crippen LogP contribution < -0.4 is 16.1 Å². The van der Waals surface area contributed by atoms with Crippen LogP contribution in [0.3, 0.4) is 0 Å². The minimum atomic E-state index is -4.02. The lowest BCUT2D eigenvalue weighted by molar-refractivity contribution is -0.136. The van der Waals surface area contributed by atoms with Gasteiger partial charge in [0, 0.05) is 15.7 Å². The quantitative estimate of drug-likeness (QED) is 0.129. The largest absolute Gasteiger partial charge is 0.468 e. The Morgan fingerprint density at radius 1 is 0.905 bits per heavy atom. The van der Waals surface area contributed by atoms with E-state index in [1.807, 2.05) is 0 Å². The smallest absolute Gasteiger partial charge is 0.313 e. The summed E-state index contributed by atoms with van der Waals surface area (Å²) in [7, 11) is -4.02. The van der Waals surface area contributed by atoms with Crippen molar-refractivity contribution in [1.82, 2.24) is 15.0 Å². The van der Waals surface area contributed by atoms with E-state index in [2.05, 4.69) is 21.2 Å². The number of anilines is 1. The molecular formula is C27H23Cl2N5O7S. The van der Waals surface area contributed by atoms with Gasteiger partial charge >= 0.3 is 11.8 Å². The number of amides is 3. The summed E-state index contributed by atoms with van der Waals surface area (Å²) in [6.07, 6.45) is 2.60. The highest BCUT2D eigenvalue weighted by molar-refractivity contribution is 7.89. The number of furan rings is 2. The van der Waals surface area contributed by atoms with Gasteiger partial charge in [0.25, 0.3) is 5.91 Å². The fraction of sp³-hybridized carbons (Fsp3) is 0.111. The molecule has 0 atom stereocenters. The van der Waals surface area contributed by atoms with Crippen molar-refractivity contribution in [3.05, 3.63) is 106 Å². The Balaban J connectivity index is 1.29. The molecule has 15 heteroatoms. The van der Waals surface area contributed by atoms with Crippen molar-refractivity contribution < 1.29 is 31.6 Å². The first kappa shape index (κ1) is 30.5. The molecule has 0 fully saturated rings. The molecule has 4 aromatic rings. The van der Waals surface area contributed by atoms with E-state index in [9.17, 15) is 22.8 Å².